The molecule has 3 heterocycles. The Kier molecular flexibility index (Phi) is 6.27. The van der Waals surface area contributed by atoms with Gasteiger partial charge in [0.15, 0.2) is 0 Å². The van der Waals surface area contributed by atoms with Crippen LogP contribution in [0.5, 0.6) is 0 Å². The van der Waals surface area contributed by atoms with Crippen LogP contribution in [0.15, 0.2) is 35.7 Å². The molecule has 0 radical (unpaired) electrons. The average molecular weight is 411 g/mol. The van der Waals surface area contributed by atoms with Crippen LogP contribution < -0.4 is 16.2 Å². The quantitative estimate of drug-likeness (QED) is 0.575. The number of hydrogen-bond donors (Lipinski definition) is 3. The van der Waals surface area contributed by atoms with E-state index in [-0.39, 0.29) is 18.1 Å². The molecule has 0 spiro atoms. The van der Waals surface area contributed by atoms with Gasteiger partial charge < -0.3 is 15.2 Å². The minimum atomic E-state index is 0.0974. The summed E-state index contributed by atoms with van der Waals surface area (Å²) in [4.78, 5) is 14.3. The zero-order valence-electron chi connectivity index (χ0n) is 18.3. The summed E-state index contributed by atoms with van der Waals surface area (Å²) in [5, 5.41) is 9.78. The number of fused-ring (bicyclic) bond motifs is 3. The molecular weight excluding hydrogens is 376 g/mol. The fourth-order valence-electron chi connectivity index (χ4n) is 4.57. The topological polar surface area (TPSA) is 72.0 Å². The van der Waals surface area contributed by atoms with Crippen LogP contribution in [0.4, 0.5) is 0 Å². The van der Waals surface area contributed by atoms with Crippen molar-refractivity contribution in [3.8, 4) is 0 Å². The summed E-state index contributed by atoms with van der Waals surface area (Å²) >= 11 is 0. The summed E-state index contributed by atoms with van der Waals surface area (Å²) in [7, 11) is 0. The number of nitrogens with one attached hydrogen (secondary N) is 3. The van der Waals surface area contributed by atoms with Crippen molar-refractivity contribution in [3.63, 3.8) is 0 Å². The maximum atomic E-state index is 12.1. The zero-order valence-corrected chi connectivity index (χ0v) is 18.3. The Morgan fingerprint density at radius 1 is 1.27 bits per heavy atom. The number of hydrazine groups is 1. The largest absolute Gasteiger partial charge is 0.356 e. The van der Waals surface area contributed by atoms with Gasteiger partial charge in [0, 0.05) is 31.8 Å². The van der Waals surface area contributed by atoms with E-state index in [9.17, 15) is 4.79 Å². The molecule has 30 heavy (non-hydrogen) atoms. The van der Waals surface area contributed by atoms with Gasteiger partial charge in [-0.15, -0.1) is 0 Å². The molecule has 7 heteroatoms. The minimum absolute atomic E-state index is 0.0974. The molecular formula is C23H34N6O. The van der Waals surface area contributed by atoms with E-state index in [1.165, 1.54) is 23.1 Å². The summed E-state index contributed by atoms with van der Waals surface area (Å²) in [5.74, 6) is 1.05. The molecule has 1 fully saturated rings. The van der Waals surface area contributed by atoms with Crippen LogP contribution in [-0.4, -0.2) is 40.4 Å². The highest BCUT2D eigenvalue weighted by Crippen LogP contribution is 2.35. The van der Waals surface area contributed by atoms with Crippen LogP contribution in [-0.2, 0) is 4.79 Å². The van der Waals surface area contributed by atoms with E-state index in [4.69, 9.17) is 0 Å². The van der Waals surface area contributed by atoms with Gasteiger partial charge in [-0.25, -0.2) is 5.43 Å². The van der Waals surface area contributed by atoms with Crippen molar-refractivity contribution in [2.45, 2.75) is 77.5 Å². The molecule has 7 nitrogen and oxygen atoms in total. The van der Waals surface area contributed by atoms with Crippen LogP contribution in [0.3, 0.4) is 0 Å². The lowest BCUT2D eigenvalue weighted by Gasteiger charge is -2.37. The van der Waals surface area contributed by atoms with Gasteiger partial charge in [-0.2, -0.15) is 5.10 Å². The first kappa shape index (κ1) is 20.7. The van der Waals surface area contributed by atoms with Gasteiger partial charge in [-0.3, -0.25) is 10.2 Å². The van der Waals surface area contributed by atoms with Gasteiger partial charge in [0.1, 0.15) is 12.0 Å². The number of benzene rings is 1. The first-order valence-corrected chi connectivity index (χ1v) is 11.2. The highest BCUT2D eigenvalue weighted by molar-refractivity contribution is 5.89. The third-order valence-corrected chi connectivity index (χ3v) is 6.30. The molecule has 0 aromatic heterocycles. The van der Waals surface area contributed by atoms with Crippen molar-refractivity contribution in [1.29, 1.82) is 0 Å². The van der Waals surface area contributed by atoms with Crippen molar-refractivity contribution in [3.05, 3.63) is 47.3 Å². The van der Waals surface area contributed by atoms with Crippen molar-refractivity contribution in [1.82, 2.24) is 26.1 Å². The van der Waals surface area contributed by atoms with Crippen LogP contribution in [0.1, 0.15) is 68.2 Å². The predicted molar refractivity (Wildman–Crippen MR) is 119 cm³/mol. The standard InChI is InChI=1S/C23H34N6O/c1-4-5-6-11-24-22(30)10-9-21-25-26-23-20-15-19(27-29(20)13-12-28(21)23)18-14-16(2)7-8-17(18)3/h7-8,12-14,19-20,23,26-27H,4-6,9-11,15H2,1-3H3,(H,24,30). The molecule has 3 N–H and O–H groups in total. The summed E-state index contributed by atoms with van der Waals surface area (Å²) < 4.78 is 0. The van der Waals surface area contributed by atoms with E-state index < -0.39 is 0 Å². The third-order valence-electron chi connectivity index (χ3n) is 6.30. The summed E-state index contributed by atoms with van der Waals surface area (Å²) in [6, 6.07) is 7.23. The number of aryl methyl sites for hydroxylation is 2. The highest BCUT2D eigenvalue weighted by Gasteiger charge is 2.44. The van der Waals surface area contributed by atoms with Gasteiger partial charge in [-0.05, 0) is 37.8 Å². The van der Waals surface area contributed by atoms with Gasteiger partial charge in [0.2, 0.25) is 5.91 Å². The van der Waals surface area contributed by atoms with Gasteiger partial charge in [0.25, 0.3) is 0 Å². The number of hydrogen-bond acceptors (Lipinski definition) is 6. The smallest absolute Gasteiger partial charge is 0.220 e. The van der Waals surface area contributed by atoms with Gasteiger partial charge in [-0.1, -0.05) is 43.5 Å². The molecule has 0 bridgehead atoms. The number of amides is 1. The Balaban J connectivity index is 1.33. The first-order valence-electron chi connectivity index (χ1n) is 11.2. The number of nitrogens with zero attached hydrogens (tertiary/aromatic N) is 3. The Bertz CT molecular complexity index is 835. The summed E-state index contributed by atoms with van der Waals surface area (Å²) in [6.07, 6.45) is 9.76. The number of hydrazone groups is 1. The molecule has 162 valence electrons. The van der Waals surface area contributed by atoms with Crippen LogP contribution >= 0.6 is 0 Å². The highest BCUT2D eigenvalue weighted by atomic mass is 16.1. The number of carbonyl (C=O) groups is 1. The SMILES string of the molecule is CCCCCNC(=O)CCC1=NNC2C3CC(c4cc(C)ccc4C)NN3C=CN12. The van der Waals surface area contributed by atoms with Crippen LogP contribution in [0.2, 0.25) is 0 Å². The minimum Gasteiger partial charge on any atom is -0.356 e. The second-order valence-electron chi connectivity index (χ2n) is 8.62. The molecule has 4 rings (SSSR count). The van der Waals surface area contributed by atoms with E-state index >= 15 is 0 Å². The fraction of sp³-hybridized carbons (Fsp3) is 0.565. The second-order valence-corrected chi connectivity index (χ2v) is 8.62. The van der Waals surface area contributed by atoms with Crippen molar-refractivity contribution in [2.24, 2.45) is 5.10 Å². The summed E-state index contributed by atoms with van der Waals surface area (Å²) in [6.45, 7) is 7.26. The zero-order chi connectivity index (χ0) is 21.1. The summed E-state index contributed by atoms with van der Waals surface area (Å²) in [5.41, 5.74) is 10.9. The molecule has 0 aliphatic carbocycles. The Hall–Kier alpha value is -2.54. The van der Waals surface area contributed by atoms with Crippen LogP contribution in [0.25, 0.3) is 0 Å². The lowest BCUT2D eigenvalue weighted by atomic mass is 9.95. The Labute approximate surface area is 179 Å². The average Bonchev–Trinajstić information content (AvgIpc) is 3.35. The lowest BCUT2D eigenvalue weighted by molar-refractivity contribution is -0.120. The third kappa shape index (κ3) is 4.31. The molecule has 1 saturated heterocycles. The molecule has 1 aromatic rings. The predicted octanol–water partition coefficient (Wildman–Crippen LogP) is 3.04. The van der Waals surface area contributed by atoms with Crippen molar-refractivity contribution < 1.29 is 4.79 Å². The molecule has 3 unspecified atom stereocenters. The number of rotatable bonds is 8. The van der Waals surface area contributed by atoms with Gasteiger partial charge in [0.05, 0.1) is 12.1 Å². The Morgan fingerprint density at radius 2 is 2.13 bits per heavy atom. The van der Waals surface area contributed by atoms with E-state index in [2.05, 4.69) is 82.5 Å². The van der Waals surface area contributed by atoms with Gasteiger partial charge >= 0.3 is 0 Å². The maximum absolute atomic E-state index is 12.1. The number of unbranched alkanes of at least 4 members (excludes halogenated alkanes) is 2. The van der Waals surface area contributed by atoms with E-state index in [1.54, 1.807) is 0 Å². The van der Waals surface area contributed by atoms with E-state index in [1.807, 2.05) is 0 Å². The van der Waals surface area contributed by atoms with Crippen molar-refractivity contribution >= 4 is 11.7 Å². The monoisotopic (exact) mass is 410 g/mol. The maximum Gasteiger partial charge on any atom is 0.220 e. The molecule has 0 saturated carbocycles. The number of amidine groups is 1. The normalized spacial score (nSPS) is 24.4. The molecule has 1 amide bonds. The molecule has 3 aliphatic heterocycles. The fourth-order valence-corrected chi connectivity index (χ4v) is 4.57. The van der Waals surface area contributed by atoms with E-state index in [0.29, 0.717) is 18.9 Å². The lowest BCUT2D eigenvalue weighted by Crippen LogP contribution is -2.54. The molecule has 3 aliphatic rings. The van der Waals surface area contributed by atoms with Crippen molar-refractivity contribution in [2.75, 3.05) is 6.54 Å². The van der Waals surface area contributed by atoms with E-state index in [0.717, 1.165) is 31.6 Å². The van der Waals surface area contributed by atoms with Crippen LogP contribution in [0, 0.1) is 13.8 Å². The number of carbonyl (C=O) groups excluding carboxylic acids is 1. The molecule has 3 atom stereocenters. The second kappa shape index (κ2) is 9.08. The Morgan fingerprint density at radius 3 is 2.97 bits per heavy atom. The molecule has 1 aromatic carbocycles. The first-order chi connectivity index (χ1) is 14.6.